The summed E-state index contributed by atoms with van der Waals surface area (Å²) in [5, 5.41) is 13.4. The molecule has 1 amide bonds. The van der Waals surface area contributed by atoms with Crippen LogP contribution in [0.4, 0.5) is 0 Å². The molecule has 0 fully saturated rings. The van der Waals surface area contributed by atoms with Crippen LogP contribution in [0.3, 0.4) is 0 Å². The molecule has 0 saturated carbocycles. The van der Waals surface area contributed by atoms with Crippen molar-refractivity contribution in [1.82, 2.24) is 5.32 Å². The predicted octanol–water partition coefficient (Wildman–Crippen LogP) is 4.18. The Balaban J connectivity index is 3.53. The van der Waals surface area contributed by atoms with Gasteiger partial charge in [0, 0.05) is 12.5 Å². The molecule has 2 N–H and O–H groups in total. The normalized spacial score (nSPS) is 13.9. The summed E-state index contributed by atoms with van der Waals surface area (Å²) in [7, 11) is 0. The molecular weight excluding hydrogens is 262 g/mol. The van der Waals surface area contributed by atoms with E-state index in [1.807, 2.05) is 13.0 Å². The van der Waals surface area contributed by atoms with Crippen molar-refractivity contribution in [2.75, 3.05) is 0 Å². The Labute approximate surface area is 128 Å². The van der Waals surface area contributed by atoms with E-state index in [0.717, 1.165) is 16.7 Å². The number of carbonyl (C=O) groups excluding carboxylic acids is 1. The minimum absolute atomic E-state index is 0.0345. The Hall–Kier alpha value is -1.51. The highest BCUT2D eigenvalue weighted by Crippen LogP contribution is 2.39. The van der Waals surface area contributed by atoms with Crippen molar-refractivity contribution in [2.24, 2.45) is 0 Å². The lowest BCUT2D eigenvalue weighted by Crippen LogP contribution is -2.27. The van der Waals surface area contributed by atoms with Crippen molar-refractivity contribution in [1.29, 1.82) is 0 Å². The fourth-order valence-corrected chi connectivity index (χ4v) is 2.52. The number of aromatic hydroxyl groups is 1. The van der Waals surface area contributed by atoms with Gasteiger partial charge in [0.25, 0.3) is 0 Å². The summed E-state index contributed by atoms with van der Waals surface area (Å²) in [5.41, 5.74) is 2.84. The third kappa shape index (κ3) is 4.23. The molecule has 0 spiro atoms. The van der Waals surface area contributed by atoms with E-state index in [1.165, 1.54) is 6.92 Å². The summed E-state index contributed by atoms with van der Waals surface area (Å²) in [4.78, 5) is 11.3. The molecule has 3 nitrogen and oxygen atoms in total. The first-order valence-corrected chi connectivity index (χ1v) is 7.49. The average Bonchev–Trinajstić information content (AvgIpc) is 2.23. The van der Waals surface area contributed by atoms with Gasteiger partial charge in [0.05, 0.1) is 6.04 Å². The number of rotatable bonds is 2. The van der Waals surface area contributed by atoms with Crippen molar-refractivity contribution in [2.45, 2.75) is 72.3 Å². The summed E-state index contributed by atoms with van der Waals surface area (Å²) < 4.78 is 0. The number of hydrogen-bond acceptors (Lipinski definition) is 2. The number of benzene rings is 1. The van der Waals surface area contributed by atoms with Gasteiger partial charge >= 0.3 is 0 Å². The van der Waals surface area contributed by atoms with E-state index in [1.54, 1.807) is 0 Å². The Morgan fingerprint density at radius 3 is 2.00 bits per heavy atom. The van der Waals surface area contributed by atoms with E-state index in [0.29, 0.717) is 0 Å². The van der Waals surface area contributed by atoms with E-state index in [4.69, 9.17) is 0 Å². The maximum absolute atomic E-state index is 11.3. The van der Waals surface area contributed by atoms with Gasteiger partial charge in [-0.05, 0) is 34.9 Å². The van der Waals surface area contributed by atoms with Crippen LogP contribution < -0.4 is 5.32 Å². The molecule has 118 valence electrons. The Bertz CT molecular complexity index is 533. The monoisotopic (exact) mass is 291 g/mol. The molecule has 1 atom stereocenters. The maximum Gasteiger partial charge on any atom is 0.217 e. The number of nitrogens with one attached hydrogen (secondary N) is 1. The minimum atomic E-state index is -0.217. The van der Waals surface area contributed by atoms with Gasteiger partial charge in [-0.3, -0.25) is 4.79 Å². The molecule has 0 bridgehead atoms. The molecule has 0 saturated heterocycles. The van der Waals surface area contributed by atoms with E-state index in [9.17, 15) is 9.90 Å². The summed E-state index contributed by atoms with van der Waals surface area (Å²) in [6.45, 7) is 16.2. The molecule has 0 radical (unpaired) electrons. The Kier molecular flexibility index (Phi) is 4.76. The summed E-state index contributed by atoms with van der Waals surface area (Å²) in [6, 6.07) is 3.77. The van der Waals surface area contributed by atoms with Gasteiger partial charge in [0.1, 0.15) is 5.75 Å². The van der Waals surface area contributed by atoms with Gasteiger partial charge in [0.15, 0.2) is 0 Å². The molecule has 1 rings (SSSR count). The smallest absolute Gasteiger partial charge is 0.217 e. The first-order valence-electron chi connectivity index (χ1n) is 7.49. The van der Waals surface area contributed by atoms with Crippen molar-refractivity contribution in [3.05, 3.63) is 28.8 Å². The zero-order chi connectivity index (χ0) is 16.6. The Morgan fingerprint density at radius 2 is 1.62 bits per heavy atom. The molecule has 1 aromatic carbocycles. The number of phenolic OH excluding ortho intramolecular Hbond substituents is 1. The van der Waals surface area contributed by atoms with Crippen LogP contribution in [-0.4, -0.2) is 11.0 Å². The molecule has 1 aromatic rings. The number of amides is 1. The van der Waals surface area contributed by atoms with Crippen LogP contribution in [0, 0.1) is 0 Å². The van der Waals surface area contributed by atoms with E-state index >= 15 is 0 Å². The van der Waals surface area contributed by atoms with Crippen LogP contribution in [0.5, 0.6) is 5.75 Å². The fourth-order valence-electron chi connectivity index (χ4n) is 2.52. The zero-order valence-corrected chi connectivity index (χ0v) is 14.6. The third-order valence-electron chi connectivity index (χ3n) is 3.69. The lowest BCUT2D eigenvalue weighted by atomic mass is 9.77. The van der Waals surface area contributed by atoms with Crippen LogP contribution in [0.2, 0.25) is 0 Å². The second kappa shape index (κ2) is 5.70. The number of hydrogen-bond donors (Lipinski definition) is 2. The van der Waals surface area contributed by atoms with Crippen molar-refractivity contribution in [3.8, 4) is 5.75 Å². The van der Waals surface area contributed by atoms with Gasteiger partial charge in [-0.1, -0.05) is 47.6 Å². The van der Waals surface area contributed by atoms with Gasteiger partial charge < -0.3 is 10.4 Å². The quantitative estimate of drug-likeness (QED) is 0.858. The van der Waals surface area contributed by atoms with E-state index in [-0.39, 0.29) is 28.5 Å². The first-order chi connectivity index (χ1) is 9.34. The molecule has 21 heavy (non-hydrogen) atoms. The largest absolute Gasteiger partial charge is 0.508 e. The van der Waals surface area contributed by atoms with Crippen LogP contribution in [-0.2, 0) is 15.6 Å². The first kappa shape index (κ1) is 17.5. The highest BCUT2D eigenvalue weighted by atomic mass is 16.3. The molecule has 0 aliphatic heterocycles. The van der Waals surface area contributed by atoms with E-state index < -0.39 is 0 Å². The van der Waals surface area contributed by atoms with Crippen molar-refractivity contribution in [3.63, 3.8) is 0 Å². The molecule has 0 aromatic heterocycles. The second-order valence-corrected chi connectivity index (χ2v) is 7.88. The average molecular weight is 291 g/mol. The topological polar surface area (TPSA) is 49.3 Å². The van der Waals surface area contributed by atoms with Crippen LogP contribution >= 0.6 is 0 Å². The second-order valence-electron chi connectivity index (χ2n) is 7.88. The van der Waals surface area contributed by atoms with Gasteiger partial charge in [0.2, 0.25) is 5.91 Å². The highest BCUT2D eigenvalue weighted by Gasteiger charge is 2.27. The van der Waals surface area contributed by atoms with Crippen molar-refractivity contribution < 1.29 is 9.90 Å². The van der Waals surface area contributed by atoms with Crippen LogP contribution in [0.1, 0.15) is 78.1 Å². The van der Waals surface area contributed by atoms with Gasteiger partial charge in [-0.25, -0.2) is 0 Å². The number of carbonyl (C=O) groups is 1. The molecular formula is C18H29NO2. The lowest BCUT2D eigenvalue weighted by Gasteiger charge is -2.30. The fraction of sp³-hybridized carbons (Fsp3) is 0.611. The SMILES string of the molecule is CC(=O)NC(C)c1c(O)cc(C(C)(C)C)cc1C(C)(C)C. The third-order valence-corrected chi connectivity index (χ3v) is 3.69. The summed E-state index contributed by atoms with van der Waals surface area (Å²) in [6.07, 6.45) is 0. The minimum Gasteiger partial charge on any atom is -0.508 e. The standard InChI is InChI=1S/C18H29NO2/c1-11(19-12(2)20)16-14(18(6,7)8)9-13(10-15(16)21)17(3,4)5/h9-11,21H,1-8H3,(H,19,20). The molecule has 1 unspecified atom stereocenters. The number of phenols is 1. The van der Waals surface area contributed by atoms with Gasteiger partial charge in [-0.2, -0.15) is 0 Å². The van der Waals surface area contributed by atoms with Gasteiger partial charge in [-0.15, -0.1) is 0 Å². The van der Waals surface area contributed by atoms with E-state index in [2.05, 4.69) is 52.9 Å². The van der Waals surface area contributed by atoms with Crippen LogP contribution in [0.25, 0.3) is 0 Å². The van der Waals surface area contributed by atoms with Crippen LogP contribution in [0.15, 0.2) is 12.1 Å². The maximum atomic E-state index is 11.3. The molecule has 0 aliphatic carbocycles. The summed E-state index contributed by atoms with van der Waals surface area (Å²) in [5.74, 6) is 0.162. The molecule has 3 heteroatoms. The Morgan fingerprint density at radius 1 is 1.10 bits per heavy atom. The molecule has 0 heterocycles. The zero-order valence-electron chi connectivity index (χ0n) is 14.6. The summed E-state index contributed by atoms with van der Waals surface area (Å²) >= 11 is 0. The van der Waals surface area contributed by atoms with Crippen molar-refractivity contribution >= 4 is 5.91 Å². The predicted molar refractivity (Wildman–Crippen MR) is 87.7 cm³/mol. The molecule has 0 aliphatic rings. The lowest BCUT2D eigenvalue weighted by molar-refractivity contribution is -0.119. The highest BCUT2D eigenvalue weighted by molar-refractivity contribution is 5.73.